The molecule has 3 aromatic rings. The van der Waals surface area contributed by atoms with Crippen LogP contribution in [0.15, 0.2) is 57.7 Å². The number of aryl methyl sites for hydroxylation is 2. The summed E-state index contributed by atoms with van der Waals surface area (Å²) in [6.45, 7) is 2.13. The number of nitrogens with one attached hydrogen (secondary N) is 1. The molecule has 130 valence electrons. The summed E-state index contributed by atoms with van der Waals surface area (Å²) in [7, 11) is 0. The molecule has 1 aromatic carbocycles. The van der Waals surface area contributed by atoms with E-state index in [0.29, 0.717) is 23.8 Å². The average Bonchev–Trinajstić information content (AvgIpc) is 3.30. The number of aromatic nitrogens is 1. The molecule has 2 heterocycles. The first-order valence-corrected chi connectivity index (χ1v) is 8.12. The van der Waals surface area contributed by atoms with Crippen molar-refractivity contribution in [2.45, 2.75) is 25.9 Å². The fourth-order valence-corrected chi connectivity index (χ4v) is 2.38. The number of hydrogen-bond acceptors (Lipinski definition) is 5. The number of aliphatic hydroxyl groups is 1. The Hall–Kier alpha value is -2.86. The number of aliphatic hydroxyl groups excluding tert-OH is 1. The van der Waals surface area contributed by atoms with Crippen molar-refractivity contribution in [3.63, 3.8) is 0 Å². The van der Waals surface area contributed by atoms with Gasteiger partial charge in [0.25, 0.3) is 0 Å². The minimum Gasteiger partial charge on any atom is -0.467 e. The number of amides is 1. The lowest BCUT2D eigenvalue weighted by molar-refractivity contribution is -0.121. The summed E-state index contributed by atoms with van der Waals surface area (Å²) in [5, 5.41) is 12.5. The molecule has 1 amide bonds. The Morgan fingerprint density at radius 1 is 1.28 bits per heavy atom. The first-order chi connectivity index (χ1) is 12.1. The minimum atomic E-state index is -0.853. The first kappa shape index (κ1) is 17.0. The Labute approximate surface area is 145 Å². The van der Waals surface area contributed by atoms with Gasteiger partial charge in [-0.05, 0) is 19.1 Å². The average molecular weight is 340 g/mol. The molecule has 2 aromatic heterocycles. The zero-order valence-corrected chi connectivity index (χ0v) is 13.9. The molecule has 0 radical (unpaired) electrons. The van der Waals surface area contributed by atoms with E-state index < -0.39 is 6.10 Å². The van der Waals surface area contributed by atoms with Crippen molar-refractivity contribution in [1.29, 1.82) is 0 Å². The van der Waals surface area contributed by atoms with Gasteiger partial charge in [-0.1, -0.05) is 29.8 Å². The van der Waals surface area contributed by atoms with E-state index in [1.807, 2.05) is 31.2 Å². The van der Waals surface area contributed by atoms with Crippen LogP contribution in [0.2, 0.25) is 0 Å². The van der Waals surface area contributed by atoms with Gasteiger partial charge in [-0.15, -0.1) is 0 Å². The highest BCUT2D eigenvalue weighted by Gasteiger charge is 2.13. The minimum absolute atomic E-state index is 0.104. The van der Waals surface area contributed by atoms with Crippen molar-refractivity contribution in [2.75, 3.05) is 6.54 Å². The molecule has 0 aliphatic carbocycles. The highest BCUT2D eigenvalue weighted by molar-refractivity contribution is 5.76. The molecule has 0 aliphatic heterocycles. The van der Waals surface area contributed by atoms with Crippen LogP contribution in [0.25, 0.3) is 11.3 Å². The van der Waals surface area contributed by atoms with Crippen LogP contribution < -0.4 is 5.32 Å². The molecule has 6 heteroatoms. The molecule has 0 saturated carbocycles. The number of benzene rings is 1. The number of rotatable bonds is 7. The number of carbonyl (C=O) groups is 1. The molecule has 3 rings (SSSR count). The lowest BCUT2D eigenvalue weighted by Crippen LogP contribution is -2.28. The molecule has 2 N–H and O–H groups in total. The van der Waals surface area contributed by atoms with Crippen molar-refractivity contribution in [3.05, 3.63) is 66.1 Å². The summed E-state index contributed by atoms with van der Waals surface area (Å²) < 4.78 is 10.8. The van der Waals surface area contributed by atoms with Crippen molar-refractivity contribution < 1.29 is 18.7 Å². The Balaban J connectivity index is 1.47. The van der Waals surface area contributed by atoms with Crippen molar-refractivity contribution in [2.24, 2.45) is 0 Å². The highest BCUT2D eigenvalue weighted by atomic mass is 16.4. The molecule has 25 heavy (non-hydrogen) atoms. The van der Waals surface area contributed by atoms with Crippen LogP contribution in [0.1, 0.15) is 29.7 Å². The Bertz CT molecular complexity index is 806. The molecule has 6 nitrogen and oxygen atoms in total. The standard InChI is InChI=1S/C19H20N2O4/c1-13-4-6-14(7-5-13)17-12-21-19(25-17)9-8-18(23)20-11-15(22)16-3-2-10-24-16/h2-7,10,12,15,22H,8-9,11H2,1H3,(H,20,23). The maximum atomic E-state index is 11.9. The maximum absolute atomic E-state index is 11.9. The molecular weight excluding hydrogens is 320 g/mol. The van der Waals surface area contributed by atoms with Crippen LogP contribution in [-0.4, -0.2) is 22.5 Å². The molecular formula is C19H20N2O4. The summed E-state index contributed by atoms with van der Waals surface area (Å²) >= 11 is 0. The fourth-order valence-electron chi connectivity index (χ4n) is 2.38. The third kappa shape index (κ3) is 4.58. The van der Waals surface area contributed by atoms with Gasteiger partial charge in [0.15, 0.2) is 11.7 Å². The first-order valence-electron chi connectivity index (χ1n) is 8.12. The third-order valence-electron chi connectivity index (χ3n) is 3.82. The zero-order valence-electron chi connectivity index (χ0n) is 13.9. The van der Waals surface area contributed by atoms with E-state index in [1.54, 1.807) is 18.3 Å². The Kier molecular flexibility index (Phi) is 5.30. The van der Waals surface area contributed by atoms with E-state index in [9.17, 15) is 9.90 Å². The smallest absolute Gasteiger partial charge is 0.220 e. The van der Waals surface area contributed by atoms with Crippen molar-refractivity contribution >= 4 is 5.91 Å². The van der Waals surface area contributed by atoms with Gasteiger partial charge in [-0.3, -0.25) is 4.79 Å². The Morgan fingerprint density at radius 2 is 2.08 bits per heavy atom. The number of hydrogen-bond donors (Lipinski definition) is 2. The van der Waals surface area contributed by atoms with E-state index in [0.717, 1.165) is 5.56 Å². The summed E-state index contributed by atoms with van der Waals surface area (Å²) in [5.74, 6) is 1.44. The summed E-state index contributed by atoms with van der Waals surface area (Å²) in [6, 6.07) is 11.3. The van der Waals surface area contributed by atoms with Gasteiger partial charge in [0, 0.05) is 18.4 Å². The van der Waals surface area contributed by atoms with Gasteiger partial charge in [0.2, 0.25) is 5.91 Å². The van der Waals surface area contributed by atoms with Crippen LogP contribution in [0, 0.1) is 6.92 Å². The van der Waals surface area contributed by atoms with Gasteiger partial charge in [-0.25, -0.2) is 4.98 Å². The van der Waals surface area contributed by atoms with Crippen LogP contribution >= 0.6 is 0 Å². The van der Waals surface area contributed by atoms with Crippen molar-refractivity contribution in [1.82, 2.24) is 10.3 Å². The van der Waals surface area contributed by atoms with Crippen LogP contribution in [0.3, 0.4) is 0 Å². The van der Waals surface area contributed by atoms with Gasteiger partial charge >= 0.3 is 0 Å². The second-order valence-electron chi connectivity index (χ2n) is 5.82. The largest absolute Gasteiger partial charge is 0.467 e. The molecule has 0 fully saturated rings. The third-order valence-corrected chi connectivity index (χ3v) is 3.82. The van der Waals surface area contributed by atoms with Crippen molar-refractivity contribution in [3.8, 4) is 11.3 Å². The van der Waals surface area contributed by atoms with E-state index in [-0.39, 0.29) is 18.9 Å². The zero-order chi connectivity index (χ0) is 17.6. The van der Waals surface area contributed by atoms with Crippen LogP contribution in [0.4, 0.5) is 0 Å². The number of nitrogens with zero attached hydrogens (tertiary/aromatic N) is 1. The Morgan fingerprint density at radius 3 is 2.80 bits per heavy atom. The van der Waals surface area contributed by atoms with Crippen LogP contribution in [-0.2, 0) is 11.2 Å². The van der Waals surface area contributed by atoms with Gasteiger partial charge in [0.1, 0.15) is 11.9 Å². The van der Waals surface area contributed by atoms with Gasteiger partial charge in [0.05, 0.1) is 19.0 Å². The fraction of sp³-hybridized carbons (Fsp3) is 0.263. The number of carbonyl (C=O) groups excluding carboxylic acids is 1. The molecule has 0 spiro atoms. The second-order valence-corrected chi connectivity index (χ2v) is 5.82. The predicted octanol–water partition coefficient (Wildman–Crippen LogP) is 3.03. The topological polar surface area (TPSA) is 88.5 Å². The lowest BCUT2D eigenvalue weighted by atomic mass is 10.1. The van der Waals surface area contributed by atoms with E-state index >= 15 is 0 Å². The highest BCUT2D eigenvalue weighted by Crippen LogP contribution is 2.21. The van der Waals surface area contributed by atoms with Crippen LogP contribution in [0.5, 0.6) is 0 Å². The predicted molar refractivity (Wildman–Crippen MR) is 91.7 cm³/mol. The van der Waals surface area contributed by atoms with Gasteiger partial charge < -0.3 is 19.3 Å². The summed E-state index contributed by atoms with van der Waals surface area (Å²) in [4.78, 5) is 16.1. The van der Waals surface area contributed by atoms with Gasteiger partial charge in [-0.2, -0.15) is 0 Å². The quantitative estimate of drug-likeness (QED) is 0.690. The monoisotopic (exact) mass is 340 g/mol. The SMILES string of the molecule is Cc1ccc(-c2cnc(CCC(=O)NCC(O)c3ccco3)o2)cc1. The molecule has 0 bridgehead atoms. The molecule has 0 saturated heterocycles. The molecule has 1 atom stereocenters. The number of furan rings is 1. The maximum Gasteiger partial charge on any atom is 0.220 e. The molecule has 1 unspecified atom stereocenters. The van der Waals surface area contributed by atoms with E-state index in [1.165, 1.54) is 11.8 Å². The van der Waals surface area contributed by atoms with E-state index in [2.05, 4.69) is 10.3 Å². The normalized spacial score (nSPS) is 12.1. The lowest BCUT2D eigenvalue weighted by Gasteiger charge is -2.09. The number of oxazole rings is 1. The summed E-state index contributed by atoms with van der Waals surface area (Å²) in [5.41, 5.74) is 2.13. The molecule has 0 aliphatic rings. The summed E-state index contributed by atoms with van der Waals surface area (Å²) in [6.07, 6.45) is 2.93. The second kappa shape index (κ2) is 7.81. The van der Waals surface area contributed by atoms with E-state index in [4.69, 9.17) is 8.83 Å².